The Labute approximate surface area is 268 Å². The van der Waals surface area contributed by atoms with Gasteiger partial charge in [-0.05, 0) is 77.6 Å². The molecule has 0 unspecified atom stereocenters. The van der Waals surface area contributed by atoms with Crippen LogP contribution < -0.4 is 9.47 Å². The molecular formula is C35H25F9N2O2. The third kappa shape index (κ3) is 8.07. The Kier molecular flexibility index (Phi) is 9.97. The molecular weight excluding hydrogens is 651 g/mol. The van der Waals surface area contributed by atoms with E-state index in [0.29, 0.717) is 17.7 Å². The largest absolute Gasteiger partial charge is 0.573 e. The molecule has 0 N–H and O–H groups in total. The maximum absolute atomic E-state index is 15.1. The van der Waals surface area contributed by atoms with Crippen LogP contribution in [0.5, 0.6) is 11.5 Å². The van der Waals surface area contributed by atoms with E-state index in [9.17, 15) is 17.6 Å². The van der Waals surface area contributed by atoms with Gasteiger partial charge in [-0.3, -0.25) is 0 Å². The molecule has 0 aliphatic carbocycles. The van der Waals surface area contributed by atoms with E-state index in [4.69, 9.17) is 0 Å². The lowest BCUT2D eigenvalue weighted by molar-refractivity contribution is -0.275. The van der Waals surface area contributed by atoms with E-state index in [1.54, 1.807) is 12.4 Å². The SMILES string of the molecule is CCCCCc1cnc(-c2ccc(-c3cc(F)c(C(F)(F)Oc4ccc(-c5ccc(OC(F)(F)F)c(F)c5)cc4)c(F)c3)c(F)c2)nc1. The van der Waals surface area contributed by atoms with Crippen LogP contribution in [-0.2, 0) is 12.5 Å². The number of ether oxygens (including phenoxy) is 2. The van der Waals surface area contributed by atoms with Crippen molar-refractivity contribution in [3.05, 3.63) is 120 Å². The molecule has 0 fully saturated rings. The molecule has 0 saturated heterocycles. The minimum Gasteiger partial charge on any atom is -0.429 e. The highest BCUT2D eigenvalue weighted by molar-refractivity contribution is 5.69. The van der Waals surface area contributed by atoms with Gasteiger partial charge >= 0.3 is 12.5 Å². The molecule has 0 bridgehead atoms. The summed E-state index contributed by atoms with van der Waals surface area (Å²) in [5.41, 5.74) is -0.811. The zero-order valence-corrected chi connectivity index (χ0v) is 25.0. The maximum Gasteiger partial charge on any atom is 0.573 e. The van der Waals surface area contributed by atoms with Crippen LogP contribution in [0, 0.1) is 23.3 Å². The van der Waals surface area contributed by atoms with Crippen molar-refractivity contribution in [1.29, 1.82) is 0 Å². The fraction of sp³-hybridized carbons (Fsp3) is 0.200. The maximum atomic E-state index is 15.1. The summed E-state index contributed by atoms with van der Waals surface area (Å²) in [5, 5.41) is 0. The lowest BCUT2D eigenvalue weighted by atomic mass is 10.00. The van der Waals surface area contributed by atoms with Crippen molar-refractivity contribution in [2.45, 2.75) is 45.1 Å². The molecule has 250 valence electrons. The van der Waals surface area contributed by atoms with Crippen molar-refractivity contribution in [3.8, 4) is 45.1 Å². The summed E-state index contributed by atoms with van der Waals surface area (Å²) in [5.74, 6) is -6.98. The first-order valence-corrected chi connectivity index (χ1v) is 14.6. The van der Waals surface area contributed by atoms with Gasteiger partial charge in [0.05, 0.1) is 0 Å². The Hall–Kier alpha value is -5.07. The van der Waals surface area contributed by atoms with Crippen LogP contribution >= 0.6 is 0 Å². The van der Waals surface area contributed by atoms with E-state index in [0.717, 1.165) is 67.6 Å². The van der Waals surface area contributed by atoms with Crippen molar-refractivity contribution >= 4 is 0 Å². The Morgan fingerprint density at radius 3 is 1.77 bits per heavy atom. The highest BCUT2D eigenvalue weighted by Crippen LogP contribution is 2.38. The molecule has 0 aliphatic heterocycles. The molecule has 0 saturated carbocycles. The molecule has 0 atom stereocenters. The van der Waals surface area contributed by atoms with Crippen LogP contribution in [0.15, 0.2) is 85.2 Å². The summed E-state index contributed by atoms with van der Waals surface area (Å²) in [6.07, 6.45) is -2.43. The number of unbranched alkanes of at least 4 members (excludes halogenated alkanes) is 2. The first-order valence-electron chi connectivity index (χ1n) is 14.6. The standard InChI is InChI=1S/C35H25F9N2O2/c1-2-3-4-5-20-18-45-33(46-19-20)23-8-12-26(27(36)15-23)24-16-29(38)32(30(39)17-24)34(40,41)47-25-10-6-21(7-11-25)22-9-13-31(28(37)14-22)48-35(42,43)44/h6-19H,2-5H2,1H3. The zero-order valence-electron chi connectivity index (χ0n) is 25.0. The van der Waals surface area contributed by atoms with E-state index in [1.165, 1.54) is 24.3 Å². The average Bonchev–Trinajstić information content (AvgIpc) is 3.01. The summed E-state index contributed by atoms with van der Waals surface area (Å²) in [7, 11) is 0. The number of benzene rings is 4. The first-order chi connectivity index (χ1) is 22.7. The van der Waals surface area contributed by atoms with Crippen molar-refractivity contribution in [2.75, 3.05) is 0 Å². The second kappa shape index (κ2) is 14.0. The van der Waals surface area contributed by atoms with E-state index < -0.39 is 52.8 Å². The fourth-order valence-electron chi connectivity index (χ4n) is 4.91. The second-order valence-corrected chi connectivity index (χ2v) is 10.7. The van der Waals surface area contributed by atoms with Crippen molar-refractivity contribution in [2.24, 2.45) is 0 Å². The lowest BCUT2D eigenvalue weighted by Crippen LogP contribution is -2.25. The number of aryl methyl sites for hydroxylation is 1. The number of hydrogen-bond donors (Lipinski definition) is 0. The van der Waals surface area contributed by atoms with Gasteiger partial charge in [-0.2, -0.15) is 8.78 Å². The zero-order chi connectivity index (χ0) is 34.6. The number of nitrogens with zero attached hydrogens (tertiary/aromatic N) is 2. The highest BCUT2D eigenvalue weighted by Gasteiger charge is 2.41. The fourth-order valence-corrected chi connectivity index (χ4v) is 4.91. The molecule has 1 aromatic heterocycles. The Morgan fingerprint density at radius 2 is 1.19 bits per heavy atom. The van der Waals surface area contributed by atoms with Gasteiger partial charge in [-0.15, -0.1) is 13.2 Å². The average molecular weight is 677 g/mol. The normalized spacial score (nSPS) is 11.9. The minimum absolute atomic E-state index is 0.0801. The summed E-state index contributed by atoms with van der Waals surface area (Å²) >= 11 is 0. The predicted octanol–water partition coefficient (Wildman–Crippen LogP) is 10.8. The lowest BCUT2D eigenvalue weighted by Gasteiger charge is -2.20. The van der Waals surface area contributed by atoms with Gasteiger partial charge < -0.3 is 9.47 Å². The highest BCUT2D eigenvalue weighted by atomic mass is 19.4. The summed E-state index contributed by atoms with van der Waals surface area (Å²) in [6.45, 7) is 2.09. The van der Waals surface area contributed by atoms with Crippen LogP contribution in [-0.4, -0.2) is 16.3 Å². The van der Waals surface area contributed by atoms with Crippen molar-refractivity contribution in [1.82, 2.24) is 9.97 Å². The van der Waals surface area contributed by atoms with E-state index in [-0.39, 0.29) is 28.1 Å². The van der Waals surface area contributed by atoms with E-state index in [1.807, 2.05) is 0 Å². The Bertz CT molecular complexity index is 1870. The molecule has 0 amide bonds. The summed E-state index contributed by atoms with van der Waals surface area (Å²) in [4.78, 5) is 8.52. The van der Waals surface area contributed by atoms with Gasteiger partial charge in [0.15, 0.2) is 17.4 Å². The van der Waals surface area contributed by atoms with Gasteiger partial charge in [0.1, 0.15) is 28.8 Å². The van der Waals surface area contributed by atoms with Crippen LogP contribution in [0.2, 0.25) is 0 Å². The Morgan fingerprint density at radius 1 is 0.604 bits per heavy atom. The van der Waals surface area contributed by atoms with Gasteiger partial charge in [0.25, 0.3) is 0 Å². The molecule has 0 aliphatic rings. The van der Waals surface area contributed by atoms with Crippen LogP contribution in [0.3, 0.4) is 0 Å². The molecule has 13 heteroatoms. The van der Waals surface area contributed by atoms with Gasteiger partial charge in [0.2, 0.25) is 0 Å². The van der Waals surface area contributed by atoms with Crippen LogP contribution in [0.25, 0.3) is 33.6 Å². The molecule has 4 nitrogen and oxygen atoms in total. The Balaban J connectivity index is 1.31. The van der Waals surface area contributed by atoms with E-state index in [2.05, 4.69) is 26.4 Å². The topological polar surface area (TPSA) is 44.2 Å². The van der Waals surface area contributed by atoms with E-state index >= 15 is 22.0 Å². The first kappa shape index (κ1) is 34.3. The third-order valence-corrected chi connectivity index (χ3v) is 7.24. The van der Waals surface area contributed by atoms with Gasteiger partial charge in [-0.1, -0.05) is 50.1 Å². The second-order valence-electron chi connectivity index (χ2n) is 10.7. The number of rotatable bonds is 11. The molecule has 0 spiro atoms. The summed E-state index contributed by atoms with van der Waals surface area (Å²) < 4.78 is 135. The molecule has 48 heavy (non-hydrogen) atoms. The monoisotopic (exact) mass is 676 g/mol. The molecule has 4 aromatic carbocycles. The number of halogens is 9. The molecule has 1 heterocycles. The smallest absolute Gasteiger partial charge is 0.429 e. The summed E-state index contributed by atoms with van der Waals surface area (Å²) in [6, 6.07) is 11.8. The third-order valence-electron chi connectivity index (χ3n) is 7.24. The quantitative estimate of drug-likeness (QED) is 0.103. The van der Waals surface area contributed by atoms with Gasteiger partial charge in [-0.25, -0.2) is 27.5 Å². The van der Waals surface area contributed by atoms with Crippen LogP contribution in [0.4, 0.5) is 39.5 Å². The predicted molar refractivity (Wildman–Crippen MR) is 159 cm³/mol. The number of alkyl halides is 5. The van der Waals surface area contributed by atoms with Crippen molar-refractivity contribution < 1.29 is 49.0 Å². The minimum atomic E-state index is -5.11. The van der Waals surface area contributed by atoms with Crippen molar-refractivity contribution in [3.63, 3.8) is 0 Å². The number of aromatic nitrogens is 2. The van der Waals surface area contributed by atoms with Gasteiger partial charge in [0, 0.05) is 23.5 Å². The molecule has 0 radical (unpaired) electrons. The van der Waals surface area contributed by atoms with Crippen LogP contribution in [0.1, 0.15) is 37.3 Å². The molecule has 5 rings (SSSR count). The molecule has 5 aromatic rings. The number of hydrogen-bond acceptors (Lipinski definition) is 4.